The van der Waals surface area contributed by atoms with Gasteiger partial charge in [-0.25, -0.2) is 0 Å². The Morgan fingerprint density at radius 3 is 1.69 bits per heavy atom. The molecule has 0 bridgehead atoms. The van der Waals surface area contributed by atoms with Crippen molar-refractivity contribution in [1.29, 1.82) is 0 Å². The second kappa shape index (κ2) is 14.1. The summed E-state index contributed by atoms with van der Waals surface area (Å²) in [6.45, 7) is 27.2. The maximum atomic E-state index is 2.62. The van der Waals surface area contributed by atoms with Crippen LogP contribution in [0.25, 0.3) is 0 Å². The largest absolute Gasteiger partial charge is 0.0654 e. The molecule has 0 aromatic carbocycles. The van der Waals surface area contributed by atoms with Crippen LogP contribution >= 0.6 is 0 Å². The fourth-order valence-electron chi connectivity index (χ4n) is 5.83. The maximum absolute atomic E-state index is 2.62. The lowest BCUT2D eigenvalue weighted by molar-refractivity contribution is 0.0277. The number of hydrogen-bond acceptors (Lipinski definition) is 0. The van der Waals surface area contributed by atoms with E-state index in [4.69, 9.17) is 0 Å². The van der Waals surface area contributed by atoms with Crippen molar-refractivity contribution in [2.45, 2.75) is 147 Å². The van der Waals surface area contributed by atoms with Gasteiger partial charge in [-0.15, -0.1) is 0 Å². The summed E-state index contributed by atoms with van der Waals surface area (Å²) >= 11 is 0. The first-order valence-electron chi connectivity index (χ1n) is 13.5. The molecule has 0 aromatic heterocycles. The lowest BCUT2D eigenvalue weighted by Gasteiger charge is -2.47. The third-order valence-corrected chi connectivity index (χ3v) is 9.24. The van der Waals surface area contributed by atoms with Gasteiger partial charge in [0.2, 0.25) is 0 Å². The van der Waals surface area contributed by atoms with Crippen LogP contribution in [-0.4, -0.2) is 0 Å². The van der Waals surface area contributed by atoms with Crippen LogP contribution in [0.5, 0.6) is 0 Å². The molecular weight excluding hydrogens is 348 g/mol. The van der Waals surface area contributed by atoms with Gasteiger partial charge in [0.25, 0.3) is 0 Å². The summed E-state index contributed by atoms with van der Waals surface area (Å²) in [5, 5.41) is 0. The van der Waals surface area contributed by atoms with Crippen molar-refractivity contribution >= 4 is 0 Å². The molecule has 29 heavy (non-hydrogen) atoms. The Balaban J connectivity index is 5.15. The van der Waals surface area contributed by atoms with Crippen LogP contribution in [0.15, 0.2) is 0 Å². The molecule has 0 N–H and O–H groups in total. The molecule has 0 amide bonds. The second-order valence-corrected chi connectivity index (χ2v) is 11.8. The van der Waals surface area contributed by atoms with Crippen molar-refractivity contribution in [3.8, 4) is 0 Å². The highest BCUT2D eigenvalue weighted by molar-refractivity contribution is 4.91. The fraction of sp³-hybridized carbons (Fsp3) is 1.00. The molecule has 0 rings (SSSR count). The molecule has 0 saturated heterocycles. The molecule has 0 aliphatic carbocycles. The Bertz CT molecular complexity index is 397. The van der Waals surface area contributed by atoms with Crippen LogP contribution in [0.2, 0.25) is 0 Å². The van der Waals surface area contributed by atoms with Gasteiger partial charge in [-0.2, -0.15) is 0 Å². The minimum atomic E-state index is 0.477. The highest BCUT2D eigenvalue weighted by atomic mass is 14.5. The predicted octanol–water partition coefficient (Wildman–Crippen LogP) is 10.6. The zero-order chi connectivity index (χ0) is 22.7. The Morgan fingerprint density at radius 1 is 0.690 bits per heavy atom. The van der Waals surface area contributed by atoms with Gasteiger partial charge in [-0.05, 0) is 66.1 Å². The smallest absolute Gasteiger partial charge is 0.0297 e. The summed E-state index contributed by atoms with van der Waals surface area (Å²) in [4.78, 5) is 0. The quantitative estimate of drug-likeness (QED) is 0.224. The summed E-state index contributed by atoms with van der Waals surface area (Å²) in [6.07, 6.45) is 15.2. The second-order valence-electron chi connectivity index (χ2n) is 11.8. The van der Waals surface area contributed by atoms with Crippen LogP contribution in [-0.2, 0) is 0 Å². The van der Waals surface area contributed by atoms with E-state index in [2.05, 4.69) is 76.2 Å². The van der Waals surface area contributed by atoms with Gasteiger partial charge >= 0.3 is 0 Å². The Labute approximate surface area is 187 Å². The van der Waals surface area contributed by atoms with Crippen molar-refractivity contribution < 1.29 is 0 Å². The minimum absolute atomic E-state index is 0.477. The first kappa shape index (κ1) is 29.0. The topological polar surface area (TPSA) is 0 Å². The molecule has 6 atom stereocenters. The molecule has 176 valence electrons. The minimum Gasteiger partial charge on any atom is -0.0654 e. The molecule has 0 nitrogen and oxygen atoms in total. The third kappa shape index (κ3) is 9.78. The van der Waals surface area contributed by atoms with Crippen LogP contribution in [0.4, 0.5) is 0 Å². The fourth-order valence-corrected chi connectivity index (χ4v) is 5.83. The van der Waals surface area contributed by atoms with E-state index in [-0.39, 0.29) is 0 Å². The molecule has 0 heteroatoms. The lowest BCUT2D eigenvalue weighted by atomic mass is 9.58. The summed E-state index contributed by atoms with van der Waals surface area (Å²) in [5.41, 5.74) is 0.965. The van der Waals surface area contributed by atoms with Gasteiger partial charge in [-0.3, -0.25) is 0 Å². The molecule has 0 heterocycles. The van der Waals surface area contributed by atoms with Crippen molar-refractivity contribution in [3.05, 3.63) is 0 Å². The Hall–Kier alpha value is 0. The van der Waals surface area contributed by atoms with Crippen molar-refractivity contribution in [2.24, 2.45) is 40.4 Å². The van der Waals surface area contributed by atoms with Crippen LogP contribution in [0, 0.1) is 40.4 Å². The normalized spacial score (nSPS) is 20.7. The zero-order valence-electron chi connectivity index (χ0n) is 22.7. The molecule has 0 fully saturated rings. The average molecular weight is 409 g/mol. The average Bonchev–Trinajstić information content (AvgIpc) is 2.69. The summed E-state index contributed by atoms with van der Waals surface area (Å²) < 4.78 is 0. The van der Waals surface area contributed by atoms with Gasteiger partial charge in [0.1, 0.15) is 0 Å². The highest BCUT2D eigenvalue weighted by Crippen LogP contribution is 2.50. The molecular formula is C29H60. The van der Waals surface area contributed by atoms with Gasteiger partial charge in [0.05, 0.1) is 0 Å². The molecule has 0 aliphatic heterocycles. The van der Waals surface area contributed by atoms with Gasteiger partial charge in [0.15, 0.2) is 0 Å². The molecule has 0 aromatic rings. The lowest BCUT2D eigenvalue weighted by Crippen LogP contribution is -2.38. The monoisotopic (exact) mass is 408 g/mol. The van der Waals surface area contributed by atoms with E-state index < -0.39 is 0 Å². The number of hydrogen-bond donors (Lipinski definition) is 0. The molecule has 0 saturated carbocycles. The molecule has 0 spiro atoms. The van der Waals surface area contributed by atoms with E-state index in [9.17, 15) is 0 Å². The molecule has 0 radical (unpaired) electrons. The molecule has 0 aliphatic rings. The first-order valence-corrected chi connectivity index (χ1v) is 13.5. The number of rotatable bonds is 17. The third-order valence-electron chi connectivity index (χ3n) is 9.24. The standard InChI is InChI=1S/C29H60/c1-12-17-27(25(8)22-23(5)6)19-21-29(11,15-4)26(9)28(10,14-3)20-16-18-24(7)13-2/h23-27H,12-22H2,1-11H3. The summed E-state index contributed by atoms with van der Waals surface area (Å²) in [7, 11) is 0. The van der Waals surface area contributed by atoms with Crippen LogP contribution < -0.4 is 0 Å². The van der Waals surface area contributed by atoms with E-state index in [0.29, 0.717) is 10.8 Å². The van der Waals surface area contributed by atoms with E-state index in [0.717, 1.165) is 29.6 Å². The predicted molar refractivity (Wildman–Crippen MR) is 136 cm³/mol. The van der Waals surface area contributed by atoms with Crippen LogP contribution in [0.1, 0.15) is 147 Å². The Kier molecular flexibility index (Phi) is 14.1. The van der Waals surface area contributed by atoms with Gasteiger partial charge in [-0.1, -0.05) is 121 Å². The van der Waals surface area contributed by atoms with Crippen molar-refractivity contribution in [1.82, 2.24) is 0 Å². The van der Waals surface area contributed by atoms with Crippen molar-refractivity contribution in [2.75, 3.05) is 0 Å². The van der Waals surface area contributed by atoms with Gasteiger partial charge < -0.3 is 0 Å². The first-order chi connectivity index (χ1) is 13.5. The SMILES string of the molecule is CCCC(CCC(C)(CC)C(C)C(C)(CC)CCCC(C)CC)C(C)CC(C)C. The van der Waals surface area contributed by atoms with Crippen LogP contribution in [0.3, 0.4) is 0 Å². The van der Waals surface area contributed by atoms with E-state index in [1.807, 2.05) is 0 Å². The maximum Gasteiger partial charge on any atom is -0.0297 e. The Morgan fingerprint density at radius 2 is 1.24 bits per heavy atom. The van der Waals surface area contributed by atoms with Crippen molar-refractivity contribution in [3.63, 3.8) is 0 Å². The molecule has 6 unspecified atom stereocenters. The van der Waals surface area contributed by atoms with E-state index in [1.165, 1.54) is 70.6 Å². The summed E-state index contributed by atoms with van der Waals surface area (Å²) in [6, 6.07) is 0. The van der Waals surface area contributed by atoms with E-state index in [1.54, 1.807) is 0 Å². The summed E-state index contributed by atoms with van der Waals surface area (Å²) in [5.74, 6) is 4.30. The van der Waals surface area contributed by atoms with E-state index >= 15 is 0 Å². The zero-order valence-corrected chi connectivity index (χ0v) is 22.7. The van der Waals surface area contributed by atoms with Gasteiger partial charge in [0, 0.05) is 0 Å². The highest BCUT2D eigenvalue weighted by Gasteiger charge is 2.41.